The second kappa shape index (κ2) is 21.7. The summed E-state index contributed by atoms with van der Waals surface area (Å²) in [4.78, 5) is 80.3. The van der Waals surface area contributed by atoms with Crippen LogP contribution in [0.15, 0.2) is 4.99 Å². The first kappa shape index (κ1) is 41.0. The fourth-order valence-corrected chi connectivity index (χ4v) is 4.13. The highest BCUT2D eigenvalue weighted by molar-refractivity contribution is 5.96. The number of nitrogens with one attached hydrogen (secondary N) is 6. The summed E-state index contributed by atoms with van der Waals surface area (Å²) in [5.74, 6) is -4.97. The topological polar surface area (TPSA) is 279 Å². The van der Waals surface area contributed by atoms with Crippen molar-refractivity contribution in [3.05, 3.63) is 0 Å². The number of hydrogen-bond acceptors (Lipinski definition) is 9. The van der Waals surface area contributed by atoms with E-state index in [1.165, 1.54) is 6.92 Å². The van der Waals surface area contributed by atoms with Crippen LogP contribution in [0.4, 0.5) is 0 Å². The number of aliphatic imine (C=N–C) groups is 1. The van der Waals surface area contributed by atoms with E-state index in [2.05, 4.69) is 36.9 Å². The molecule has 0 aliphatic rings. The number of hydrogen-bond donors (Lipinski definition) is 10. The lowest BCUT2D eigenvalue weighted by molar-refractivity contribution is -0.137. The molecule has 0 bridgehead atoms. The summed E-state index contributed by atoms with van der Waals surface area (Å²) in [5.41, 5.74) is 10.7. The molecule has 17 nitrogen and oxygen atoms in total. The summed E-state index contributed by atoms with van der Waals surface area (Å²) >= 11 is 0. The first-order valence-corrected chi connectivity index (χ1v) is 15.2. The van der Waals surface area contributed by atoms with Crippen LogP contribution in [0.1, 0.15) is 67.2 Å². The minimum absolute atomic E-state index is 0.105. The van der Waals surface area contributed by atoms with Crippen LogP contribution in [0.2, 0.25) is 0 Å². The van der Waals surface area contributed by atoms with Gasteiger partial charge >= 0.3 is 0 Å². The summed E-state index contributed by atoms with van der Waals surface area (Å²) in [6.45, 7) is 8.86. The molecule has 0 radical (unpaired) electrons. The van der Waals surface area contributed by atoms with Crippen molar-refractivity contribution in [2.24, 2.45) is 28.3 Å². The van der Waals surface area contributed by atoms with Crippen LogP contribution in [0.3, 0.4) is 0 Å². The van der Waals surface area contributed by atoms with Crippen molar-refractivity contribution in [3.8, 4) is 0 Å². The van der Waals surface area contributed by atoms with E-state index >= 15 is 0 Å². The summed E-state index contributed by atoms with van der Waals surface area (Å²) < 4.78 is 0. The normalized spacial score (nSPS) is 15.5. The van der Waals surface area contributed by atoms with Crippen LogP contribution >= 0.6 is 0 Å². The van der Waals surface area contributed by atoms with Gasteiger partial charge in [0.2, 0.25) is 35.4 Å². The average Bonchev–Trinajstić information content (AvgIpc) is 2.99. The number of nitrogens with two attached hydrogens (primary N) is 2. The number of guanidine groups is 1. The highest BCUT2D eigenvalue weighted by Gasteiger charge is 2.34. The Morgan fingerprint density at radius 1 is 0.667 bits per heavy atom. The first-order chi connectivity index (χ1) is 21.2. The van der Waals surface area contributed by atoms with Crippen LogP contribution < -0.4 is 43.4 Å². The quantitative estimate of drug-likeness (QED) is 0.0338. The Hall–Kier alpha value is -3.99. The van der Waals surface area contributed by atoms with Gasteiger partial charge in [-0.3, -0.25) is 33.8 Å². The van der Waals surface area contributed by atoms with Crippen LogP contribution in [0.25, 0.3) is 0 Å². The van der Waals surface area contributed by atoms with Crippen molar-refractivity contribution in [2.75, 3.05) is 26.3 Å². The maximum Gasteiger partial charge on any atom is 0.245 e. The standard InChI is InChI=1S/C28H53N9O8/c1-7-15(4)21(33-17(6)40)26(44)36-19(13-38)24(42)35-20(14-39)25(43)37-22(16(5)8-2)27(45)34-18(23(41)31-9-3)11-10-12-32-28(29)30/h15-16,18-22,38-39H,7-14H2,1-6H3,(H,31,41)(H,33,40)(H,34,45)(H,35,42)(H,36,44)(H,37,43)(H4,29,30,32)/t15-,16-,18-,19-,20-,21?,22-/m0/s1. The van der Waals surface area contributed by atoms with E-state index in [-0.39, 0.29) is 24.8 Å². The Morgan fingerprint density at radius 2 is 1.11 bits per heavy atom. The fourth-order valence-electron chi connectivity index (χ4n) is 4.13. The molecule has 258 valence electrons. The Balaban J connectivity index is 5.71. The summed E-state index contributed by atoms with van der Waals surface area (Å²) in [6.07, 6.45) is 1.58. The molecule has 0 fully saturated rings. The second-order valence-corrected chi connectivity index (χ2v) is 10.8. The lowest BCUT2D eigenvalue weighted by Crippen LogP contribution is -2.61. The van der Waals surface area contributed by atoms with Gasteiger partial charge in [0, 0.05) is 20.0 Å². The summed E-state index contributed by atoms with van der Waals surface area (Å²) in [7, 11) is 0. The van der Waals surface area contributed by atoms with Gasteiger partial charge in [-0.15, -0.1) is 0 Å². The predicted octanol–water partition coefficient (Wildman–Crippen LogP) is -3.30. The molecule has 0 aromatic rings. The monoisotopic (exact) mass is 643 g/mol. The Kier molecular flexibility index (Phi) is 19.7. The van der Waals surface area contributed by atoms with Crippen molar-refractivity contribution in [2.45, 2.75) is 97.4 Å². The SMILES string of the molecule is CCNC(=O)[C@H](CCCN=C(N)N)NC(=O)[C@@H](NC(=O)[C@H](CO)NC(=O)[C@H](CO)NC(=O)C(NC(C)=O)[C@@H](C)CC)[C@@H](C)CC. The zero-order chi connectivity index (χ0) is 34.7. The fraction of sp³-hybridized carbons (Fsp3) is 0.750. The van der Waals surface area contributed by atoms with Crippen molar-refractivity contribution >= 4 is 41.4 Å². The number of aliphatic hydroxyl groups excluding tert-OH is 2. The lowest BCUT2D eigenvalue weighted by Gasteiger charge is -2.29. The minimum atomic E-state index is -1.55. The van der Waals surface area contributed by atoms with Gasteiger partial charge < -0.3 is 53.6 Å². The van der Waals surface area contributed by atoms with Crippen molar-refractivity contribution in [3.63, 3.8) is 0 Å². The van der Waals surface area contributed by atoms with Crippen molar-refractivity contribution < 1.29 is 39.0 Å². The molecular weight excluding hydrogens is 590 g/mol. The number of amides is 6. The molecule has 45 heavy (non-hydrogen) atoms. The molecule has 6 amide bonds. The Bertz CT molecular complexity index is 1020. The molecule has 0 spiro atoms. The van der Waals surface area contributed by atoms with E-state index in [4.69, 9.17) is 11.5 Å². The maximum absolute atomic E-state index is 13.3. The molecule has 17 heteroatoms. The van der Waals surface area contributed by atoms with Crippen molar-refractivity contribution in [1.82, 2.24) is 31.9 Å². The molecule has 0 aromatic carbocycles. The van der Waals surface area contributed by atoms with Gasteiger partial charge in [0.25, 0.3) is 0 Å². The smallest absolute Gasteiger partial charge is 0.245 e. The molecule has 0 saturated heterocycles. The maximum atomic E-state index is 13.3. The van der Waals surface area contributed by atoms with E-state index in [1.807, 2.05) is 6.92 Å². The third-order valence-corrected chi connectivity index (χ3v) is 7.21. The number of carbonyl (C=O) groups is 6. The molecule has 0 rings (SSSR count). The van der Waals surface area contributed by atoms with Gasteiger partial charge in [0.15, 0.2) is 5.96 Å². The number of rotatable bonds is 21. The molecule has 12 N–H and O–H groups in total. The number of carbonyl (C=O) groups excluding carboxylic acids is 6. The van der Waals surface area contributed by atoms with E-state index in [1.54, 1.807) is 27.7 Å². The average molecular weight is 644 g/mol. The first-order valence-electron chi connectivity index (χ1n) is 15.2. The highest BCUT2D eigenvalue weighted by atomic mass is 16.3. The van der Waals surface area contributed by atoms with E-state index < -0.39 is 84.8 Å². The molecule has 7 atom stereocenters. The lowest BCUT2D eigenvalue weighted by atomic mass is 9.97. The number of aliphatic hydroxyl groups is 2. The third kappa shape index (κ3) is 15.0. The molecule has 0 aromatic heterocycles. The second-order valence-electron chi connectivity index (χ2n) is 10.8. The largest absolute Gasteiger partial charge is 0.394 e. The zero-order valence-electron chi connectivity index (χ0n) is 27.1. The summed E-state index contributed by atoms with van der Waals surface area (Å²) in [5, 5.41) is 34.7. The van der Waals surface area contributed by atoms with Gasteiger partial charge in [0.1, 0.15) is 30.2 Å². The molecule has 0 saturated carbocycles. The minimum Gasteiger partial charge on any atom is -0.394 e. The molecule has 0 heterocycles. The molecule has 1 unspecified atom stereocenters. The van der Waals surface area contributed by atoms with Crippen LogP contribution in [-0.4, -0.2) is 108 Å². The van der Waals surface area contributed by atoms with E-state index in [0.717, 1.165) is 0 Å². The van der Waals surface area contributed by atoms with Gasteiger partial charge in [-0.05, 0) is 31.6 Å². The predicted molar refractivity (Wildman–Crippen MR) is 167 cm³/mol. The van der Waals surface area contributed by atoms with Crippen LogP contribution in [0.5, 0.6) is 0 Å². The zero-order valence-corrected chi connectivity index (χ0v) is 27.1. The van der Waals surface area contributed by atoms with E-state index in [0.29, 0.717) is 25.8 Å². The van der Waals surface area contributed by atoms with Crippen molar-refractivity contribution in [1.29, 1.82) is 0 Å². The van der Waals surface area contributed by atoms with E-state index in [9.17, 15) is 39.0 Å². The van der Waals surface area contributed by atoms with Gasteiger partial charge in [-0.2, -0.15) is 0 Å². The van der Waals surface area contributed by atoms with Gasteiger partial charge in [-0.25, -0.2) is 0 Å². The Morgan fingerprint density at radius 3 is 1.53 bits per heavy atom. The summed E-state index contributed by atoms with van der Waals surface area (Å²) in [6, 6.07) is -6.14. The number of nitrogens with zero attached hydrogens (tertiary/aromatic N) is 1. The van der Waals surface area contributed by atoms with Crippen LogP contribution in [-0.2, 0) is 28.8 Å². The molecule has 0 aliphatic carbocycles. The van der Waals surface area contributed by atoms with Gasteiger partial charge in [0.05, 0.1) is 13.2 Å². The molecular formula is C28H53N9O8. The van der Waals surface area contributed by atoms with Gasteiger partial charge in [-0.1, -0.05) is 40.5 Å². The highest BCUT2D eigenvalue weighted by Crippen LogP contribution is 2.11. The third-order valence-electron chi connectivity index (χ3n) is 7.21. The Labute approximate surface area is 264 Å². The van der Waals surface area contributed by atoms with Crippen LogP contribution in [0, 0.1) is 11.8 Å². The number of likely N-dealkylation sites (N-methyl/N-ethyl adjacent to an activating group) is 1. The molecule has 0 aliphatic heterocycles.